The molecular formula is C16H15I2NO5. The van der Waals surface area contributed by atoms with Gasteiger partial charge >= 0.3 is 0 Å². The number of carboxylic acid groups (broad SMARTS) is 1. The lowest BCUT2D eigenvalue weighted by Crippen LogP contribution is -2.69. The number of carboxylic acids is 1. The number of aliphatic hydroxyl groups excluding tert-OH is 1. The number of phenols is 1. The number of rotatable bonds is 6. The highest BCUT2D eigenvalue weighted by Gasteiger charge is 2.15. The van der Waals surface area contributed by atoms with Gasteiger partial charge in [-0.15, -0.1) is 0 Å². The summed E-state index contributed by atoms with van der Waals surface area (Å²) >= 11 is 4.23. The van der Waals surface area contributed by atoms with Gasteiger partial charge in [0.2, 0.25) is 0 Å². The normalized spacial score (nSPS) is 12.0. The average Bonchev–Trinajstić information content (AvgIpc) is 2.52. The van der Waals surface area contributed by atoms with Crippen LogP contribution >= 0.6 is 45.2 Å². The van der Waals surface area contributed by atoms with Gasteiger partial charge in [0, 0.05) is 12.0 Å². The Labute approximate surface area is 165 Å². The third-order valence-corrected chi connectivity index (χ3v) is 4.92. The molecule has 24 heavy (non-hydrogen) atoms. The second kappa shape index (κ2) is 8.32. The SMILES string of the molecule is [NH3+]C(Cc1cc(I)c(Oc2ccc(O)c(CO)c2)c(I)c1)C(=O)[O-]. The molecule has 0 fully saturated rings. The van der Waals surface area contributed by atoms with Gasteiger partial charge in [0.1, 0.15) is 17.5 Å². The first kappa shape index (κ1) is 19.2. The van der Waals surface area contributed by atoms with Gasteiger partial charge in [-0.05, 0) is 81.1 Å². The fourth-order valence-electron chi connectivity index (χ4n) is 2.07. The molecule has 0 aliphatic carbocycles. The van der Waals surface area contributed by atoms with Crippen molar-refractivity contribution in [2.75, 3.05) is 0 Å². The van der Waals surface area contributed by atoms with E-state index < -0.39 is 12.0 Å². The molecule has 2 aromatic rings. The summed E-state index contributed by atoms with van der Waals surface area (Å²) in [6.07, 6.45) is 0.280. The van der Waals surface area contributed by atoms with Crippen LogP contribution in [0.15, 0.2) is 30.3 Å². The highest BCUT2D eigenvalue weighted by atomic mass is 127. The van der Waals surface area contributed by atoms with Crippen molar-refractivity contribution in [1.82, 2.24) is 0 Å². The third-order valence-electron chi connectivity index (χ3n) is 3.31. The topological polar surface area (TPSA) is 117 Å². The Kier molecular flexibility index (Phi) is 6.66. The molecule has 0 bridgehead atoms. The Morgan fingerprint density at radius 1 is 1.25 bits per heavy atom. The van der Waals surface area contributed by atoms with Crippen LogP contribution in [-0.4, -0.2) is 22.2 Å². The van der Waals surface area contributed by atoms with Crippen molar-refractivity contribution in [2.24, 2.45) is 0 Å². The molecule has 0 spiro atoms. The Morgan fingerprint density at radius 2 is 1.88 bits per heavy atom. The second-order valence-electron chi connectivity index (χ2n) is 5.16. The summed E-state index contributed by atoms with van der Waals surface area (Å²) in [5, 5.41) is 29.6. The van der Waals surface area contributed by atoms with Crippen LogP contribution in [-0.2, 0) is 17.8 Å². The zero-order chi connectivity index (χ0) is 17.9. The smallest absolute Gasteiger partial charge is 0.154 e. The van der Waals surface area contributed by atoms with Crippen LogP contribution in [0.2, 0.25) is 0 Å². The van der Waals surface area contributed by atoms with E-state index in [1.807, 2.05) is 12.1 Å². The summed E-state index contributed by atoms with van der Waals surface area (Å²) in [5.74, 6) is -0.0527. The quantitative estimate of drug-likeness (QED) is 0.456. The third kappa shape index (κ3) is 4.71. The number of ether oxygens (including phenoxy) is 1. The van der Waals surface area contributed by atoms with Crippen LogP contribution in [0, 0.1) is 7.14 Å². The molecular weight excluding hydrogens is 540 g/mol. The van der Waals surface area contributed by atoms with Crippen molar-refractivity contribution in [3.05, 3.63) is 48.6 Å². The lowest BCUT2D eigenvalue weighted by Gasteiger charge is -2.14. The van der Waals surface area contributed by atoms with Gasteiger partial charge < -0.3 is 30.6 Å². The highest BCUT2D eigenvalue weighted by Crippen LogP contribution is 2.34. The van der Waals surface area contributed by atoms with E-state index in [9.17, 15) is 20.1 Å². The summed E-state index contributed by atoms with van der Waals surface area (Å²) in [6, 6.07) is 7.50. The summed E-state index contributed by atoms with van der Waals surface area (Å²) in [4.78, 5) is 10.8. The molecule has 0 saturated heterocycles. The van der Waals surface area contributed by atoms with Gasteiger partial charge in [-0.25, -0.2) is 0 Å². The predicted molar refractivity (Wildman–Crippen MR) is 101 cm³/mol. The summed E-state index contributed by atoms with van der Waals surface area (Å²) in [7, 11) is 0. The first-order chi connectivity index (χ1) is 11.3. The number of hydrogen-bond donors (Lipinski definition) is 3. The van der Waals surface area contributed by atoms with Crippen molar-refractivity contribution < 1.29 is 30.6 Å². The molecule has 0 aromatic heterocycles. The zero-order valence-corrected chi connectivity index (χ0v) is 16.8. The van der Waals surface area contributed by atoms with E-state index in [1.54, 1.807) is 12.1 Å². The number of quaternary nitrogens is 1. The van der Waals surface area contributed by atoms with Crippen molar-refractivity contribution in [1.29, 1.82) is 0 Å². The molecule has 0 amide bonds. The number of aliphatic carboxylic acids is 1. The lowest BCUT2D eigenvalue weighted by atomic mass is 10.1. The van der Waals surface area contributed by atoms with Crippen molar-refractivity contribution in [3.8, 4) is 17.2 Å². The van der Waals surface area contributed by atoms with Crippen LogP contribution in [0.4, 0.5) is 0 Å². The minimum Gasteiger partial charge on any atom is -0.544 e. The molecule has 1 unspecified atom stereocenters. The lowest BCUT2D eigenvalue weighted by molar-refractivity contribution is -0.437. The van der Waals surface area contributed by atoms with Crippen LogP contribution in [0.25, 0.3) is 0 Å². The molecule has 2 rings (SSSR count). The van der Waals surface area contributed by atoms with Crippen LogP contribution in [0.3, 0.4) is 0 Å². The maximum atomic E-state index is 10.8. The van der Waals surface area contributed by atoms with Crippen molar-refractivity contribution in [3.63, 3.8) is 0 Å². The fourth-order valence-corrected chi connectivity index (χ4v) is 4.18. The number of carbonyl (C=O) groups excluding carboxylic acids is 1. The van der Waals surface area contributed by atoms with Gasteiger partial charge in [0.05, 0.1) is 19.7 Å². The fraction of sp³-hybridized carbons (Fsp3) is 0.188. The molecule has 0 aliphatic heterocycles. The number of carbonyl (C=O) groups is 1. The molecule has 2 aromatic carbocycles. The maximum absolute atomic E-state index is 10.8. The molecule has 128 valence electrons. The predicted octanol–water partition coefficient (Wildman–Crippen LogP) is 0.789. The molecule has 8 heteroatoms. The van der Waals surface area contributed by atoms with Gasteiger partial charge in [-0.3, -0.25) is 0 Å². The Hall–Kier alpha value is -1.11. The van der Waals surface area contributed by atoms with Gasteiger partial charge in [-0.1, -0.05) is 0 Å². The van der Waals surface area contributed by atoms with Crippen LogP contribution < -0.4 is 15.6 Å². The average molecular weight is 555 g/mol. The summed E-state index contributed by atoms with van der Waals surface area (Å²) in [5.41, 5.74) is 4.78. The molecule has 6 nitrogen and oxygen atoms in total. The first-order valence-electron chi connectivity index (χ1n) is 6.94. The van der Waals surface area contributed by atoms with Crippen molar-refractivity contribution >= 4 is 51.2 Å². The van der Waals surface area contributed by atoms with E-state index in [1.165, 1.54) is 6.07 Å². The Balaban J connectivity index is 2.27. The summed E-state index contributed by atoms with van der Waals surface area (Å²) in [6.45, 7) is -0.287. The van der Waals surface area contributed by atoms with E-state index in [0.29, 0.717) is 17.1 Å². The van der Waals surface area contributed by atoms with Gasteiger partial charge in [-0.2, -0.15) is 0 Å². The van der Waals surface area contributed by atoms with E-state index in [-0.39, 0.29) is 18.8 Å². The standard InChI is InChI=1S/C16H15I2NO5/c17-11-3-8(5-13(19)16(22)23)4-12(18)15(11)24-10-1-2-14(21)9(6-10)7-20/h1-4,6,13,20-21H,5,7,19H2,(H,22,23). The number of aromatic hydroxyl groups is 1. The Morgan fingerprint density at radius 3 is 2.42 bits per heavy atom. The van der Waals surface area contributed by atoms with Crippen LogP contribution in [0.5, 0.6) is 17.2 Å². The number of halogens is 2. The Bertz CT molecular complexity index is 743. The van der Waals surface area contributed by atoms with Gasteiger partial charge in [0.15, 0.2) is 5.75 Å². The second-order valence-corrected chi connectivity index (χ2v) is 7.48. The van der Waals surface area contributed by atoms with Crippen LogP contribution in [0.1, 0.15) is 11.1 Å². The van der Waals surface area contributed by atoms with Crippen molar-refractivity contribution in [2.45, 2.75) is 19.1 Å². The molecule has 1 atom stereocenters. The first-order valence-corrected chi connectivity index (χ1v) is 9.10. The minimum absolute atomic E-state index is 0.00774. The van der Waals surface area contributed by atoms with Gasteiger partial charge in [0.25, 0.3) is 0 Å². The van der Waals surface area contributed by atoms with E-state index in [0.717, 1.165) is 12.7 Å². The van der Waals surface area contributed by atoms with E-state index in [4.69, 9.17) is 4.74 Å². The molecule has 0 aliphatic rings. The zero-order valence-electron chi connectivity index (χ0n) is 12.5. The summed E-state index contributed by atoms with van der Waals surface area (Å²) < 4.78 is 7.50. The monoisotopic (exact) mass is 555 g/mol. The molecule has 5 N–H and O–H groups in total. The van der Waals surface area contributed by atoms with E-state index >= 15 is 0 Å². The molecule has 0 radical (unpaired) electrons. The minimum atomic E-state index is -1.18. The van der Waals surface area contributed by atoms with E-state index in [2.05, 4.69) is 50.9 Å². The highest BCUT2D eigenvalue weighted by molar-refractivity contribution is 14.1. The molecule has 0 saturated carbocycles. The number of aliphatic hydroxyl groups is 1. The largest absolute Gasteiger partial charge is 0.544 e. The number of hydrogen-bond acceptors (Lipinski definition) is 5. The number of benzene rings is 2. The molecule has 0 heterocycles. The maximum Gasteiger partial charge on any atom is 0.154 e.